The summed E-state index contributed by atoms with van der Waals surface area (Å²) in [5.41, 5.74) is -0.355. The number of carbonyl (C=O) groups excluding carboxylic acids is 2. The SMILES string of the molecule is CC1(C)c2[nH]nc(NC(=O)C3(S(C)(C)C)CCC3)c2CN1C(=O)Nc1c(F)cc(F)cc1F. The molecule has 11 heteroatoms. The normalized spacial score (nSPS) is 19.0. The van der Waals surface area contributed by atoms with Crippen LogP contribution in [0.1, 0.15) is 44.4 Å². The molecule has 1 aromatic carbocycles. The quantitative estimate of drug-likeness (QED) is 0.591. The first-order valence-electron chi connectivity index (χ1n) is 10.6. The third-order valence-corrected chi connectivity index (χ3v) is 9.87. The van der Waals surface area contributed by atoms with Gasteiger partial charge in [0.05, 0.1) is 22.5 Å². The largest absolute Gasteiger partial charge is 0.323 e. The smallest absolute Gasteiger partial charge is 0.309 e. The van der Waals surface area contributed by atoms with E-state index >= 15 is 0 Å². The highest BCUT2D eigenvalue weighted by molar-refractivity contribution is 8.33. The Kier molecular flexibility index (Phi) is 5.46. The van der Waals surface area contributed by atoms with Crippen molar-refractivity contribution in [2.45, 2.75) is 49.9 Å². The first-order chi connectivity index (χ1) is 15.3. The lowest BCUT2D eigenvalue weighted by Crippen LogP contribution is -2.51. The summed E-state index contributed by atoms with van der Waals surface area (Å²) >= 11 is 0. The van der Waals surface area contributed by atoms with Crippen molar-refractivity contribution < 1.29 is 22.8 Å². The van der Waals surface area contributed by atoms with E-state index in [-0.39, 0.29) is 12.5 Å². The maximum Gasteiger partial charge on any atom is 0.323 e. The number of benzene rings is 1. The molecule has 1 saturated carbocycles. The number of hydrogen-bond acceptors (Lipinski definition) is 3. The van der Waals surface area contributed by atoms with Crippen LogP contribution in [0.2, 0.25) is 0 Å². The van der Waals surface area contributed by atoms with Crippen molar-refractivity contribution in [3.8, 4) is 0 Å². The zero-order chi connectivity index (χ0) is 24.3. The molecular formula is C22H28F3N5O2S. The number of H-pyrrole nitrogens is 1. The minimum atomic E-state index is -1.21. The molecule has 0 saturated heterocycles. The van der Waals surface area contributed by atoms with Gasteiger partial charge in [-0.1, -0.05) is 0 Å². The lowest BCUT2D eigenvalue weighted by atomic mass is 9.83. The van der Waals surface area contributed by atoms with Crippen LogP contribution in [0.3, 0.4) is 0 Å². The van der Waals surface area contributed by atoms with Gasteiger partial charge in [-0.25, -0.2) is 28.0 Å². The molecule has 1 fully saturated rings. The van der Waals surface area contributed by atoms with E-state index in [1.54, 1.807) is 13.8 Å². The molecule has 0 bridgehead atoms. The van der Waals surface area contributed by atoms with Gasteiger partial charge in [-0.3, -0.25) is 9.89 Å². The van der Waals surface area contributed by atoms with Gasteiger partial charge >= 0.3 is 6.03 Å². The summed E-state index contributed by atoms with van der Waals surface area (Å²) in [5.74, 6) is -3.20. The number of hydrogen-bond donors (Lipinski definition) is 3. The summed E-state index contributed by atoms with van der Waals surface area (Å²) in [4.78, 5) is 27.5. The molecule has 180 valence electrons. The molecule has 0 spiro atoms. The lowest BCUT2D eigenvalue weighted by Gasteiger charge is -2.53. The summed E-state index contributed by atoms with van der Waals surface area (Å²) in [6, 6.07) is 0.240. The van der Waals surface area contributed by atoms with E-state index in [4.69, 9.17) is 0 Å². The van der Waals surface area contributed by atoms with Crippen molar-refractivity contribution in [3.05, 3.63) is 40.8 Å². The highest BCUT2D eigenvalue weighted by atomic mass is 32.3. The Hall–Kier alpha value is -2.69. The Labute approximate surface area is 191 Å². The zero-order valence-corrected chi connectivity index (χ0v) is 20.1. The highest BCUT2D eigenvalue weighted by Gasteiger charge is 2.51. The van der Waals surface area contributed by atoms with E-state index in [0.29, 0.717) is 29.2 Å². The second-order valence-corrected chi connectivity index (χ2v) is 14.3. The monoisotopic (exact) mass is 483 g/mol. The topological polar surface area (TPSA) is 90.1 Å². The number of halogens is 3. The maximum atomic E-state index is 14.0. The molecule has 1 aliphatic heterocycles. The second-order valence-electron chi connectivity index (χ2n) is 9.88. The summed E-state index contributed by atoms with van der Waals surface area (Å²) in [6.45, 7) is 3.58. The average Bonchev–Trinajstić information content (AvgIpc) is 3.14. The van der Waals surface area contributed by atoms with E-state index in [2.05, 4.69) is 39.6 Å². The van der Waals surface area contributed by atoms with Crippen LogP contribution in [0.15, 0.2) is 12.1 Å². The Bertz CT molecular complexity index is 1110. The van der Waals surface area contributed by atoms with Crippen LogP contribution < -0.4 is 10.6 Å². The molecule has 2 aliphatic rings. The molecule has 4 rings (SSSR count). The maximum absolute atomic E-state index is 14.0. The molecular weight excluding hydrogens is 455 g/mol. The lowest BCUT2D eigenvalue weighted by molar-refractivity contribution is -0.120. The van der Waals surface area contributed by atoms with Crippen LogP contribution in [0.4, 0.5) is 29.5 Å². The fraction of sp³-hybridized carbons (Fsp3) is 0.500. The first-order valence-corrected chi connectivity index (χ1v) is 13.4. The number of nitrogens with one attached hydrogen (secondary N) is 3. The second kappa shape index (κ2) is 7.68. The molecule has 0 unspecified atom stereocenters. The van der Waals surface area contributed by atoms with Gasteiger partial charge < -0.3 is 15.5 Å². The van der Waals surface area contributed by atoms with E-state index in [0.717, 1.165) is 19.3 Å². The number of aromatic amines is 1. The van der Waals surface area contributed by atoms with Crippen LogP contribution in [-0.4, -0.2) is 50.5 Å². The molecule has 1 aliphatic carbocycles. The molecule has 0 atom stereocenters. The number of aromatic nitrogens is 2. The summed E-state index contributed by atoms with van der Waals surface area (Å²) < 4.78 is 40.9. The summed E-state index contributed by atoms with van der Waals surface area (Å²) in [7, 11) is -1.16. The number of fused-ring (bicyclic) bond motifs is 1. The van der Waals surface area contributed by atoms with Gasteiger partial charge in [0.1, 0.15) is 11.5 Å². The van der Waals surface area contributed by atoms with Gasteiger partial charge in [-0.2, -0.15) is 5.10 Å². The minimum Gasteiger partial charge on any atom is -0.309 e. The van der Waals surface area contributed by atoms with Crippen molar-refractivity contribution in [1.29, 1.82) is 0 Å². The number of nitrogens with zero attached hydrogens (tertiary/aromatic N) is 2. The van der Waals surface area contributed by atoms with Crippen molar-refractivity contribution in [2.24, 2.45) is 0 Å². The van der Waals surface area contributed by atoms with Crippen molar-refractivity contribution >= 4 is 33.5 Å². The fourth-order valence-corrected chi connectivity index (χ4v) is 6.74. The molecule has 2 aromatic rings. The first kappa shape index (κ1) is 23.5. The molecule has 0 radical (unpaired) electrons. The van der Waals surface area contributed by atoms with Crippen molar-refractivity contribution in [2.75, 3.05) is 29.4 Å². The zero-order valence-electron chi connectivity index (χ0n) is 19.2. The van der Waals surface area contributed by atoms with Gasteiger partial charge in [0.15, 0.2) is 17.5 Å². The summed E-state index contributed by atoms with van der Waals surface area (Å²) in [5, 5.41) is 12.4. The van der Waals surface area contributed by atoms with E-state index in [1.807, 2.05) is 0 Å². The van der Waals surface area contributed by atoms with Crippen LogP contribution in [0.25, 0.3) is 0 Å². The van der Waals surface area contributed by atoms with E-state index < -0.39 is 49.5 Å². The number of rotatable bonds is 4. The van der Waals surface area contributed by atoms with Gasteiger partial charge in [0.25, 0.3) is 0 Å². The van der Waals surface area contributed by atoms with Crippen LogP contribution in [0.5, 0.6) is 0 Å². The Morgan fingerprint density at radius 2 is 1.70 bits per heavy atom. The van der Waals surface area contributed by atoms with Gasteiger partial charge in [-0.05, 0) is 51.9 Å². The van der Waals surface area contributed by atoms with Gasteiger partial charge in [0.2, 0.25) is 5.91 Å². The fourth-order valence-electron chi connectivity index (χ4n) is 4.62. The third kappa shape index (κ3) is 3.66. The van der Waals surface area contributed by atoms with Crippen LogP contribution in [0, 0.1) is 17.5 Å². The van der Waals surface area contributed by atoms with Crippen LogP contribution >= 0.6 is 10.0 Å². The van der Waals surface area contributed by atoms with E-state index in [9.17, 15) is 22.8 Å². The van der Waals surface area contributed by atoms with Crippen molar-refractivity contribution in [1.82, 2.24) is 15.1 Å². The highest BCUT2D eigenvalue weighted by Crippen LogP contribution is 2.60. The Morgan fingerprint density at radius 1 is 1.09 bits per heavy atom. The molecule has 7 nitrogen and oxygen atoms in total. The predicted octanol–water partition coefficient (Wildman–Crippen LogP) is 4.67. The Morgan fingerprint density at radius 3 is 2.21 bits per heavy atom. The van der Waals surface area contributed by atoms with Gasteiger partial charge in [0, 0.05) is 17.7 Å². The average molecular weight is 484 g/mol. The molecule has 3 amide bonds. The molecule has 3 N–H and O–H groups in total. The summed E-state index contributed by atoms with van der Waals surface area (Å²) in [6.07, 6.45) is 9.06. The number of anilines is 2. The third-order valence-electron chi connectivity index (χ3n) is 6.93. The standard InChI is InChI=1S/C22H28F3N5O2S/c1-21(2)17-13(11-30(21)20(32)26-16-14(24)9-12(23)10-15(16)25)18(29-28-17)27-19(31)22(7-6-8-22)33(3,4)5/h9-10H,6-8,11H2,1-5H3,(H,26,32)(H2,27,28,29,31). The minimum absolute atomic E-state index is 0.0679. The van der Waals surface area contributed by atoms with Crippen LogP contribution in [-0.2, 0) is 16.9 Å². The molecule has 2 heterocycles. The molecule has 33 heavy (non-hydrogen) atoms. The van der Waals surface area contributed by atoms with E-state index in [1.165, 1.54) is 4.90 Å². The number of urea groups is 1. The van der Waals surface area contributed by atoms with Gasteiger partial charge in [-0.15, -0.1) is 0 Å². The Balaban J connectivity index is 1.56. The molecule has 1 aromatic heterocycles. The number of amides is 3. The number of carbonyl (C=O) groups is 2. The predicted molar refractivity (Wildman–Crippen MR) is 123 cm³/mol. The van der Waals surface area contributed by atoms with Crippen molar-refractivity contribution in [3.63, 3.8) is 0 Å².